The third-order valence-electron chi connectivity index (χ3n) is 9.70. The highest BCUT2D eigenvalue weighted by atomic mass is 35.5. The Morgan fingerprint density at radius 3 is 2.30 bits per heavy atom. The molecule has 1 aliphatic heterocycles. The van der Waals surface area contributed by atoms with E-state index in [-0.39, 0.29) is 87.5 Å². The summed E-state index contributed by atoms with van der Waals surface area (Å²) in [5, 5.41) is 3.11. The fourth-order valence-electron chi connectivity index (χ4n) is 8.46. The van der Waals surface area contributed by atoms with Crippen LogP contribution in [0.4, 0.5) is 14.5 Å². The Balaban J connectivity index is 1.19. The Morgan fingerprint density at radius 1 is 1.05 bits per heavy atom. The van der Waals surface area contributed by atoms with Crippen LogP contribution in [-0.2, 0) is 19.8 Å². The molecule has 43 heavy (non-hydrogen) atoms. The quantitative estimate of drug-likeness (QED) is 0.431. The van der Waals surface area contributed by atoms with Crippen LogP contribution in [0.15, 0.2) is 30.3 Å². The predicted molar refractivity (Wildman–Crippen MR) is 161 cm³/mol. The van der Waals surface area contributed by atoms with E-state index in [1.165, 1.54) is 18.2 Å². The van der Waals surface area contributed by atoms with Gasteiger partial charge < -0.3 is 11.1 Å². The van der Waals surface area contributed by atoms with Gasteiger partial charge in [-0.25, -0.2) is 8.78 Å². The van der Waals surface area contributed by atoms with Crippen LogP contribution in [0.2, 0.25) is 10.0 Å². The highest BCUT2D eigenvalue weighted by Gasteiger charge is 2.56. The molecule has 4 bridgehead atoms. The fraction of sp³-hybridized carbons (Fsp3) is 0.533. The van der Waals surface area contributed by atoms with Gasteiger partial charge in [-0.15, -0.1) is 0 Å². The number of nitrogens with one attached hydrogen (secondary N) is 1. The van der Waals surface area contributed by atoms with E-state index >= 15 is 0 Å². The average Bonchev–Trinajstić information content (AvgIpc) is 2.87. The molecule has 2 aromatic rings. The van der Waals surface area contributed by atoms with Gasteiger partial charge in [0.05, 0.1) is 22.3 Å². The summed E-state index contributed by atoms with van der Waals surface area (Å²) >= 11 is 13.1. The summed E-state index contributed by atoms with van der Waals surface area (Å²) in [5.41, 5.74) is 5.86. The normalized spacial score (nSPS) is 31.3. The second-order valence-electron chi connectivity index (χ2n) is 13.1. The molecule has 1 heterocycles. The lowest BCUT2D eigenvalue weighted by atomic mass is 9.47. The van der Waals surface area contributed by atoms with Gasteiger partial charge in [-0.1, -0.05) is 30.1 Å². The maximum Gasteiger partial charge on any atom is 0.304 e. The average molecular weight is 656 g/mol. The summed E-state index contributed by atoms with van der Waals surface area (Å²) in [5.74, 6) is -1.35. The molecule has 7 rings (SSSR count). The van der Waals surface area contributed by atoms with E-state index in [1.807, 2.05) is 6.92 Å². The van der Waals surface area contributed by atoms with E-state index in [0.29, 0.717) is 12.3 Å². The molecule has 8 nitrogen and oxygen atoms in total. The summed E-state index contributed by atoms with van der Waals surface area (Å²) in [7, 11) is -4.20. The van der Waals surface area contributed by atoms with E-state index < -0.39 is 21.8 Å². The molecule has 4 aliphatic carbocycles. The van der Waals surface area contributed by atoms with Crippen molar-refractivity contribution in [3.8, 4) is 11.1 Å². The first-order valence-electron chi connectivity index (χ1n) is 14.5. The molecule has 5 aliphatic rings. The number of halogens is 4. The van der Waals surface area contributed by atoms with Gasteiger partial charge in [0.1, 0.15) is 11.6 Å². The van der Waals surface area contributed by atoms with Crippen molar-refractivity contribution < 1.29 is 26.8 Å². The summed E-state index contributed by atoms with van der Waals surface area (Å²) < 4.78 is 57.8. The lowest BCUT2D eigenvalue weighted by Gasteiger charge is -2.60. The van der Waals surface area contributed by atoms with Crippen LogP contribution < -0.4 is 15.4 Å². The zero-order chi connectivity index (χ0) is 30.8. The van der Waals surface area contributed by atoms with E-state index in [9.17, 15) is 26.8 Å². The number of rotatable bonds is 7. The minimum atomic E-state index is -4.20. The number of hydrogen-bond donors (Lipinski definition) is 2. The van der Waals surface area contributed by atoms with Crippen molar-refractivity contribution >= 4 is 50.9 Å². The molecule has 0 aromatic heterocycles. The van der Waals surface area contributed by atoms with Gasteiger partial charge in [0.25, 0.3) is 0 Å². The van der Waals surface area contributed by atoms with Gasteiger partial charge in [-0.3, -0.25) is 13.9 Å². The number of primary amides is 1. The van der Waals surface area contributed by atoms with Gasteiger partial charge in [0, 0.05) is 37.2 Å². The number of benzene rings is 2. The van der Waals surface area contributed by atoms with E-state index in [2.05, 4.69) is 5.32 Å². The van der Waals surface area contributed by atoms with E-state index in [1.54, 1.807) is 0 Å². The largest absolute Gasteiger partial charge is 0.370 e. The number of hydrogen-bond acceptors (Lipinski definition) is 4. The molecule has 0 radical (unpaired) electrons. The Hall–Kier alpha value is -2.47. The Morgan fingerprint density at radius 2 is 1.70 bits per heavy atom. The number of anilines is 1. The molecule has 3 unspecified atom stereocenters. The standard InChI is InChI=1S/C30H34Cl2F2N4O4S/c1-16-13-37(15-27(40)36-28-19-4-17-5-20(28)11-30(9-17,10-19)12-26(35)39)43(41,42)38(14-16)29-23(31)6-18(7-24(29)32)22-3-2-21(33)8-25(22)34/h2-3,6-8,16-17,19-20,28H,4-5,9-15H2,1H3,(H2,35,39)(H,36,40). The fourth-order valence-corrected chi connectivity index (χ4v) is 11.1. The molecule has 4 saturated carbocycles. The first-order chi connectivity index (χ1) is 20.2. The van der Waals surface area contributed by atoms with E-state index in [0.717, 1.165) is 52.8 Å². The highest BCUT2D eigenvalue weighted by Crippen LogP contribution is 2.61. The summed E-state index contributed by atoms with van der Waals surface area (Å²) in [6.45, 7) is 1.73. The molecule has 5 fully saturated rings. The van der Waals surface area contributed by atoms with Crippen molar-refractivity contribution in [2.75, 3.05) is 23.9 Å². The second kappa shape index (κ2) is 11.2. The molecule has 0 spiro atoms. The number of carbonyl (C=O) groups excluding carboxylic acids is 2. The van der Waals surface area contributed by atoms with Crippen LogP contribution in [0.1, 0.15) is 45.4 Å². The second-order valence-corrected chi connectivity index (χ2v) is 15.7. The first-order valence-corrected chi connectivity index (χ1v) is 16.7. The van der Waals surface area contributed by atoms with Gasteiger partial charge in [0.2, 0.25) is 11.8 Å². The Labute approximate surface area is 260 Å². The van der Waals surface area contributed by atoms with Crippen LogP contribution in [0.3, 0.4) is 0 Å². The van der Waals surface area contributed by atoms with Crippen LogP contribution in [0.25, 0.3) is 11.1 Å². The third-order valence-corrected chi connectivity index (χ3v) is 12.1. The van der Waals surface area contributed by atoms with Crippen molar-refractivity contribution in [3.05, 3.63) is 52.0 Å². The molecule has 1 saturated heterocycles. The lowest BCUT2D eigenvalue weighted by Crippen LogP contribution is -2.61. The SMILES string of the molecule is CC1CN(CC(=O)NC2C3CC4CC2CC(CC(N)=O)(C4)C3)S(=O)(=O)N(c2c(Cl)cc(-c3ccc(F)cc3F)cc2Cl)C1. The van der Waals surface area contributed by atoms with Crippen LogP contribution >= 0.6 is 23.2 Å². The minimum absolute atomic E-state index is 0.0215. The summed E-state index contributed by atoms with van der Waals surface area (Å²) in [4.78, 5) is 25.1. The number of amides is 2. The molecule has 13 heteroatoms. The summed E-state index contributed by atoms with van der Waals surface area (Å²) in [6.07, 6.45) is 5.05. The molecular weight excluding hydrogens is 621 g/mol. The zero-order valence-corrected chi connectivity index (χ0v) is 26.0. The van der Waals surface area contributed by atoms with Crippen molar-refractivity contribution in [1.29, 1.82) is 0 Å². The first kappa shape index (κ1) is 30.6. The van der Waals surface area contributed by atoms with Crippen molar-refractivity contribution in [2.45, 2.75) is 51.5 Å². The monoisotopic (exact) mass is 654 g/mol. The van der Waals surface area contributed by atoms with Gasteiger partial charge in [-0.2, -0.15) is 12.7 Å². The Bertz CT molecular complexity index is 1550. The molecule has 3 atom stereocenters. The molecule has 2 aromatic carbocycles. The van der Waals surface area contributed by atoms with Crippen LogP contribution in [0, 0.1) is 40.7 Å². The number of nitrogens with two attached hydrogens (primary N) is 1. The van der Waals surface area contributed by atoms with Gasteiger partial charge >= 0.3 is 10.2 Å². The van der Waals surface area contributed by atoms with Crippen LogP contribution in [0.5, 0.6) is 0 Å². The molecule has 3 N–H and O–H groups in total. The van der Waals surface area contributed by atoms with Crippen molar-refractivity contribution in [1.82, 2.24) is 9.62 Å². The minimum Gasteiger partial charge on any atom is -0.370 e. The highest BCUT2D eigenvalue weighted by molar-refractivity contribution is 7.90. The number of nitrogens with zero attached hydrogens (tertiary/aromatic N) is 2. The molecule has 2 amide bonds. The maximum absolute atomic E-state index is 14.4. The smallest absolute Gasteiger partial charge is 0.304 e. The number of carbonyl (C=O) groups is 2. The third kappa shape index (κ3) is 5.74. The Kier molecular flexibility index (Phi) is 7.93. The zero-order valence-electron chi connectivity index (χ0n) is 23.7. The maximum atomic E-state index is 14.4. The lowest BCUT2D eigenvalue weighted by molar-refractivity contribution is -0.134. The van der Waals surface area contributed by atoms with Crippen molar-refractivity contribution in [2.24, 2.45) is 34.8 Å². The van der Waals surface area contributed by atoms with Gasteiger partial charge in [-0.05, 0) is 91.0 Å². The van der Waals surface area contributed by atoms with Crippen molar-refractivity contribution in [3.63, 3.8) is 0 Å². The topological polar surface area (TPSA) is 113 Å². The van der Waals surface area contributed by atoms with E-state index in [4.69, 9.17) is 28.9 Å². The predicted octanol–water partition coefficient (Wildman–Crippen LogP) is 5.13. The van der Waals surface area contributed by atoms with Gasteiger partial charge in [0.15, 0.2) is 0 Å². The van der Waals surface area contributed by atoms with Crippen LogP contribution in [-0.4, -0.2) is 50.2 Å². The molecule has 232 valence electrons. The summed E-state index contributed by atoms with van der Waals surface area (Å²) in [6, 6.07) is 5.83. The molecular formula is C30H34Cl2F2N4O4S.